The average Bonchev–Trinajstić information content (AvgIpc) is 1.53. The molecule has 22 aromatic rings. The van der Waals surface area contributed by atoms with Gasteiger partial charge in [-0.3, -0.25) is 0 Å². The molecule has 8 saturated carbocycles. The highest BCUT2D eigenvalue weighted by molar-refractivity contribution is 6.16. The van der Waals surface area contributed by atoms with E-state index < -0.39 is 0 Å². The van der Waals surface area contributed by atoms with Gasteiger partial charge in [-0.25, -0.2) is 0 Å². The Balaban J connectivity index is 0.000000126. The highest BCUT2D eigenvalue weighted by atomic mass is 16.3. The van der Waals surface area contributed by atoms with Crippen LogP contribution in [0.15, 0.2) is 381 Å². The van der Waals surface area contributed by atoms with Crippen molar-refractivity contribution < 1.29 is 4.42 Å². The maximum atomic E-state index is 6.21. The zero-order valence-electron chi connectivity index (χ0n) is 70.7. The first kappa shape index (κ1) is 71.1. The molecule has 8 bridgehead atoms. The molecule has 8 fully saturated rings. The van der Waals surface area contributed by atoms with Gasteiger partial charge in [0.1, 0.15) is 11.2 Å². The Morgan fingerprint density at radius 1 is 0.197 bits per heavy atom. The lowest BCUT2D eigenvalue weighted by molar-refractivity contribution is -0.0399. The van der Waals surface area contributed by atoms with Crippen molar-refractivity contribution in [3.63, 3.8) is 0 Å². The molecule has 0 atom stereocenters. The van der Waals surface area contributed by atoms with Gasteiger partial charge in [-0.05, 0) is 311 Å². The van der Waals surface area contributed by atoms with Crippen molar-refractivity contribution in [2.75, 3.05) is 0 Å². The number of para-hydroxylation sites is 5. The van der Waals surface area contributed by atoms with Crippen molar-refractivity contribution in [1.82, 2.24) is 18.3 Å². The number of hydrogen-bond donors (Lipinski definition) is 0. The van der Waals surface area contributed by atoms with E-state index in [2.05, 4.69) is 388 Å². The first-order valence-corrected chi connectivity index (χ1v) is 46.7. The number of fused-ring (bicyclic) bond motifs is 21. The molecule has 0 amide bonds. The molecule has 0 aliphatic heterocycles. The number of furan rings is 1. The molecule has 127 heavy (non-hydrogen) atoms. The minimum Gasteiger partial charge on any atom is -0.456 e. The van der Waals surface area contributed by atoms with E-state index in [0.29, 0.717) is 0 Å². The molecule has 0 saturated heterocycles. The Kier molecular flexibility index (Phi) is 14.9. The van der Waals surface area contributed by atoms with E-state index in [1.54, 1.807) is 22.3 Å². The van der Waals surface area contributed by atoms with Crippen LogP contribution in [0.3, 0.4) is 0 Å². The average molecular weight is 1630 g/mol. The van der Waals surface area contributed by atoms with Gasteiger partial charge in [-0.2, -0.15) is 0 Å². The first-order valence-electron chi connectivity index (χ1n) is 46.7. The van der Waals surface area contributed by atoms with Gasteiger partial charge in [0.05, 0.1) is 55.5 Å². The summed E-state index contributed by atoms with van der Waals surface area (Å²) in [5.74, 6) is 6.69. The van der Waals surface area contributed by atoms with Gasteiger partial charge in [0.2, 0.25) is 0 Å². The minimum atomic E-state index is 0.141. The van der Waals surface area contributed by atoms with Crippen LogP contribution in [0.25, 0.3) is 199 Å². The zero-order chi connectivity index (χ0) is 82.6. The van der Waals surface area contributed by atoms with E-state index in [4.69, 9.17) is 4.42 Å². The van der Waals surface area contributed by atoms with Crippen molar-refractivity contribution in [2.24, 2.45) is 47.3 Å². The third kappa shape index (κ3) is 9.95. The molecule has 0 unspecified atom stereocenters. The zero-order valence-corrected chi connectivity index (χ0v) is 70.7. The maximum Gasteiger partial charge on any atom is 0.135 e. The predicted octanol–water partition coefficient (Wildman–Crippen LogP) is 31.8. The summed E-state index contributed by atoms with van der Waals surface area (Å²) >= 11 is 0. The molecular weight excluding hydrogens is 1540 g/mol. The van der Waals surface area contributed by atoms with E-state index in [1.165, 1.54) is 230 Å². The van der Waals surface area contributed by atoms with Gasteiger partial charge in [-0.15, -0.1) is 0 Å². The monoisotopic (exact) mass is 1630 g/mol. The van der Waals surface area contributed by atoms with Gasteiger partial charge in [0.25, 0.3) is 0 Å². The Labute approximate surface area is 737 Å². The molecule has 0 N–H and O–H groups in total. The third-order valence-corrected chi connectivity index (χ3v) is 33.0. The van der Waals surface area contributed by atoms with Crippen molar-refractivity contribution in [2.45, 2.75) is 75.0 Å². The standard InChI is InChI=1S/C64H48N2.C58H42N2O/c1-2-11-42(12-3-1)43-21-23-44(24-22-43)45-25-29-50(30-26-45)65-58-18-8-5-13-51(58)54-38-46(27-31-60(54)65)47-28-32-61-55(39-47)52-14-6-9-19-59(52)66(61)62-20-10-17-57-63(62)53-15-4-7-16-56(53)64(57)48-34-40-33-41(36-48)37-49(64)35-40;1-5-14-48-44(13-1)57-49(58(48)38-27-34-26-35(29-38)30-39(58)28-34)15-9-18-54(57)60-51-17-7-3-11-42(51)46-32-37(21-24-53(46)60)36-20-23-52-45(31-36)41-10-2-6-16-50(41)59(52)40-22-25-56-47(33-40)43-12-4-8-19-55(43)61-56/h1-32,38-41,48-49H,33-37H2;1-25,31-35,38-39H,26-30H2. The van der Waals surface area contributed by atoms with E-state index >= 15 is 0 Å². The van der Waals surface area contributed by atoms with Crippen LogP contribution in [-0.4, -0.2) is 18.3 Å². The topological polar surface area (TPSA) is 32.9 Å². The number of benzene rings is 17. The lowest BCUT2D eigenvalue weighted by atomic mass is 9.43. The molecule has 5 aromatic heterocycles. The lowest BCUT2D eigenvalue weighted by Crippen LogP contribution is -2.55. The minimum absolute atomic E-state index is 0.141. The van der Waals surface area contributed by atoms with Crippen LogP contribution in [0, 0.1) is 47.3 Å². The highest BCUT2D eigenvalue weighted by Crippen LogP contribution is 2.72. The quantitative estimate of drug-likeness (QED) is 0.149. The fourth-order valence-corrected chi connectivity index (χ4v) is 28.6. The SMILES string of the molecule is c1ccc(-c2ccc(-c3ccc(-n4c5ccccc5c5cc(-c6ccc7c(c6)c6ccccc6n7-c6cccc7c6-c6ccccc6C76C7CC8CC(C7)CC6C8)ccc54)cc3)cc2)cc1.c1ccc2c(c1)-c1c(-n3c4ccccc4c4cc(-c5ccc6c(c5)c5ccccc5n6-c5ccc6oc7ccccc7c6c5)ccc43)cccc1C21C2CC3CC(C2)CC1C3. The Hall–Kier alpha value is -14.3. The number of nitrogens with zero attached hydrogens (tertiary/aromatic N) is 4. The Bertz CT molecular complexity index is 8370. The van der Waals surface area contributed by atoms with E-state index in [1.807, 2.05) is 6.07 Å². The summed E-state index contributed by atoms with van der Waals surface area (Å²) < 4.78 is 16.2. The highest BCUT2D eigenvalue weighted by Gasteiger charge is 2.64. The Morgan fingerprint density at radius 3 is 0.937 bits per heavy atom. The third-order valence-electron chi connectivity index (χ3n) is 33.0. The summed E-state index contributed by atoms with van der Waals surface area (Å²) in [6.07, 6.45) is 14.1. The fraction of sp³-hybridized carbons (Fsp3) is 0.164. The largest absolute Gasteiger partial charge is 0.456 e. The molecule has 604 valence electrons. The second kappa shape index (κ2) is 26.7. The van der Waals surface area contributed by atoms with Crippen molar-refractivity contribution in [3.05, 3.63) is 398 Å². The van der Waals surface area contributed by atoms with E-state index in [-0.39, 0.29) is 10.8 Å². The summed E-state index contributed by atoms with van der Waals surface area (Å²) in [4.78, 5) is 0. The molecule has 0 radical (unpaired) electrons. The van der Waals surface area contributed by atoms with Crippen molar-refractivity contribution in [3.8, 4) is 89.5 Å². The second-order valence-corrected chi connectivity index (χ2v) is 38.9. The number of rotatable bonds is 8. The van der Waals surface area contributed by atoms with Crippen LogP contribution in [0.1, 0.15) is 86.5 Å². The van der Waals surface area contributed by atoms with Gasteiger partial charge in [0.15, 0.2) is 0 Å². The summed E-state index contributed by atoms with van der Waals surface area (Å²) in [7, 11) is 0. The number of aromatic nitrogens is 4. The molecule has 5 heteroatoms. The fourth-order valence-electron chi connectivity index (χ4n) is 28.6. The molecule has 5 heterocycles. The van der Waals surface area contributed by atoms with Gasteiger partial charge >= 0.3 is 0 Å². The van der Waals surface area contributed by atoms with Crippen LogP contribution in [0.5, 0.6) is 0 Å². The summed E-state index contributed by atoms with van der Waals surface area (Å²) in [6, 6.07) is 142. The smallest absolute Gasteiger partial charge is 0.135 e. The maximum absolute atomic E-state index is 6.21. The van der Waals surface area contributed by atoms with E-state index in [0.717, 1.165) is 80.7 Å². The Morgan fingerprint density at radius 2 is 0.504 bits per heavy atom. The molecule has 10 aliphatic carbocycles. The normalized spacial score (nSPS) is 21.9. The van der Waals surface area contributed by atoms with Crippen molar-refractivity contribution >= 4 is 109 Å². The van der Waals surface area contributed by atoms with Crippen molar-refractivity contribution in [1.29, 1.82) is 0 Å². The van der Waals surface area contributed by atoms with Gasteiger partial charge < -0.3 is 22.7 Å². The van der Waals surface area contributed by atoms with Crippen LogP contribution in [0.4, 0.5) is 0 Å². The van der Waals surface area contributed by atoms with Crippen LogP contribution in [-0.2, 0) is 10.8 Å². The van der Waals surface area contributed by atoms with Gasteiger partial charge in [-0.1, -0.05) is 255 Å². The second-order valence-electron chi connectivity index (χ2n) is 38.9. The molecular formula is C122H90N4O. The molecule has 2 spiro atoms. The number of hydrogen-bond acceptors (Lipinski definition) is 1. The summed E-state index contributed by atoms with van der Waals surface area (Å²) in [5.41, 5.74) is 39.1. The molecule has 17 aromatic carbocycles. The molecule has 5 nitrogen and oxygen atoms in total. The lowest BCUT2D eigenvalue weighted by Gasteiger charge is -2.61. The summed E-state index contributed by atoms with van der Waals surface area (Å²) in [6.45, 7) is 0. The molecule has 32 rings (SSSR count). The summed E-state index contributed by atoms with van der Waals surface area (Å²) in [5, 5.41) is 12.5. The molecule has 10 aliphatic rings. The van der Waals surface area contributed by atoms with Gasteiger partial charge in [0, 0.05) is 87.2 Å². The van der Waals surface area contributed by atoms with Crippen LogP contribution < -0.4 is 0 Å². The van der Waals surface area contributed by atoms with Crippen LogP contribution >= 0.6 is 0 Å². The first-order chi connectivity index (χ1) is 62.9. The van der Waals surface area contributed by atoms with E-state index in [9.17, 15) is 0 Å². The predicted molar refractivity (Wildman–Crippen MR) is 526 cm³/mol. The van der Waals surface area contributed by atoms with Crippen LogP contribution in [0.2, 0.25) is 0 Å².